The fourth-order valence-corrected chi connectivity index (χ4v) is 3.39. The van der Waals surface area contributed by atoms with Gasteiger partial charge in [0.15, 0.2) is 0 Å². The highest BCUT2D eigenvalue weighted by molar-refractivity contribution is 5.95. The third-order valence-electron chi connectivity index (χ3n) is 4.99. The highest BCUT2D eigenvalue weighted by atomic mass is 16.5. The van der Waals surface area contributed by atoms with Gasteiger partial charge in [0.05, 0.1) is 6.10 Å². The first-order valence-electron chi connectivity index (χ1n) is 9.38. The highest BCUT2D eigenvalue weighted by Gasteiger charge is 2.27. The number of benzene rings is 1. The highest BCUT2D eigenvalue weighted by Crippen LogP contribution is 2.23. The molecule has 0 radical (unpaired) electrons. The lowest BCUT2D eigenvalue weighted by atomic mass is 10.1. The molecule has 1 aromatic carbocycles. The van der Waals surface area contributed by atoms with E-state index in [1.165, 1.54) is 0 Å². The number of nitrogens with zero attached hydrogens (tertiary/aromatic N) is 3. The largest absolute Gasteiger partial charge is 0.376 e. The number of likely N-dealkylation sites (N-methyl/N-ethyl adjacent to an activating group) is 2. The van der Waals surface area contributed by atoms with Crippen LogP contribution in [-0.2, 0) is 4.74 Å². The summed E-state index contributed by atoms with van der Waals surface area (Å²) in [4.78, 5) is 30.0. The molecular formula is C19H28N4O3. The molecule has 0 unspecified atom stereocenters. The molecular weight excluding hydrogens is 332 g/mol. The van der Waals surface area contributed by atoms with Crippen LogP contribution in [0.2, 0.25) is 0 Å². The van der Waals surface area contributed by atoms with Crippen LogP contribution in [0.1, 0.15) is 26.2 Å². The Morgan fingerprint density at radius 3 is 2.85 bits per heavy atom. The fourth-order valence-electron chi connectivity index (χ4n) is 3.39. The van der Waals surface area contributed by atoms with Crippen LogP contribution in [-0.4, -0.2) is 67.8 Å². The van der Waals surface area contributed by atoms with Gasteiger partial charge in [0.1, 0.15) is 0 Å². The van der Waals surface area contributed by atoms with Gasteiger partial charge < -0.3 is 19.9 Å². The number of rotatable bonds is 5. The predicted octanol–water partition coefficient (Wildman–Crippen LogP) is 2.98. The summed E-state index contributed by atoms with van der Waals surface area (Å²) in [7, 11) is 1.79. The van der Waals surface area contributed by atoms with Crippen molar-refractivity contribution in [2.75, 3.05) is 50.1 Å². The van der Waals surface area contributed by atoms with Crippen LogP contribution < -0.4 is 10.2 Å². The van der Waals surface area contributed by atoms with Gasteiger partial charge in [-0.1, -0.05) is 6.07 Å². The molecule has 0 aliphatic carbocycles. The van der Waals surface area contributed by atoms with Crippen LogP contribution in [0, 0.1) is 0 Å². The minimum atomic E-state index is -0.135. The van der Waals surface area contributed by atoms with E-state index in [1.807, 2.05) is 31.2 Å². The molecule has 26 heavy (non-hydrogen) atoms. The van der Waals surface area contributed by atoms with E-state index in [-0.39, 0.29) is 18.2 Å². The average molecular weight is 360 g/mol. The Bertz CT molecular complexity index is 645. The molecule has 7 nitrogen and oxygen atoms in total. The summed E-state index contributed by atoms with van der Waals surface area (Å²) < 4.78 is 5.75. The smallest absolute Gasteiger partial charge is 0.324 e. The van der Waals surface area contributed by atoms with Crippen molar-refractivity contribution in [1.82, 2.24) is 9.80 Å². The minimum absolute atomic E-state index is 0.0156. The van der Waals surface area contributed by atoms with E-state index in [1.54, 1.807) is 21.7 Å². The quantitative estimate of drug-likeness (QED) is 0.878. The molecule has 2 aliphatic rings. The number of urea groups is 2. The SMILES string of the molecule is CCN(C[C@H]1CCCCO1)C(=O)Nc1cccc(N2CCN(C)C2=O)c1. The van der Waals surface area contributed by atoms with E-state index < -0.39 is 0 Å². The molecule has 4 amide bonds. The van der Waals surface area contributed by atoms with Crippen molar-refractivity contribution in [3.05, 3.63) is 24.3 Å². The molecule has 1 atom stereocenters. The second kappa shape index (κ2) is 8.40. The Labute approximate surface area is 154 Å². The Morgan fingerprint density at radius 2 is 2.19 bits per heavy atom. The second-order valence-corrected chi connectivity index (χ2v) is 6.86. The number of carbonyl (C=O) groups excluding carboxylic acids is 2. The van der Waals surface area contributed by atoms with Gasteiger partial charge in [-0.05, 0) is 44.4 Å². The van der Waals surface area contributed by atoms with Crippen molar-refractivity contribution in [2.24, 2.45) is 0 Å². The van der Waals surface area contributed by atoms with Crippen LogP contribution in [0.5, 0.6) is 0 Å². The normalized spacial score (nSPS) is 20.4. The van der Waals surface area contributed by atoms with Crippen molar-refractivity contribution in [3.63, 3.8) is 0 Å². The van der Waals surface area contributed by atoms with Crippen LogP contribution in [0.25, 0.3) is 0 Å². The molecule has 1 N–H and O–H groups in total. The van der Waals surface area contributed by atoms with E-state index in [2.05, 4.69) is 5.32 Å². The molecule has 2 aliphatic heterocycles. The topological polar surface area (TPSA) is 65.1 Å². The van der Waals surface area contributed by atoms with E-state index in [4.69, 9.17) is 4.74 Å². The summed E-state index contributed by atoms with van der Waals surface area (Å²) in [6, 6.07) is 7.29. The van der Waals surface area contributed by atoms with Crippen LogP contribution >= 0.6 is 0 Å². The van der Waals surface area contributed by atoms with Crippen LogP contribution in [0.15, 0.2) is 24.3 Å². The molecule has 0 aromatic heterocycles. The van der Waals surface area contributed by atoms with Crippen LogP contribution in [0.3, 0.4) is 0 Å². The van der Waals surface area contributed by atoms with E-state index >= 15 is 0 Å². The Hall–Kier alpha value is -2.28. The zero-order valence-electron chi connectivity index (χ0n) is 15.6. The number of hydrogen-bond donors (Lipinski definition) is 1. The summed E-state index contributed by atoms with van der Waals surface area (Å²) in [5.41, 5.74) is 1.49. The van der Waals surface area contributed by atoms with Crippen molar-refractivity contribution < 1.29 is 14.3 Å². The van der Waals surface area contributed by atoms with Gasteiger partial charge in [0, 0.05) is 51.2 Å². The Kier molecular flexibility index (Phi) is 5.98. The number of nitrogens with one attached hydrogen (secondary N) is 1. The first-order valence-corrected chi connectivity index (χ1v) is 9.38. The fraction of sp³-hybridized carbons (Fsp3) is 0.579. The first kappa shape index (κ1) is 18.5. The summed E-state index contributed by atoms with van der Waals surface area (Å²) in [5, 5.41) is 2.95. The van der Waals surface area contributed by atoms with Gasteiger partial charge in [-0.15, -0.1) is 0 Å². The van der Waals surface area contributed by atoms with Gasteiger partial charge in [-0.3, -0.25) is 4.90 Å². The zero-order chi connectivity index (χ0) is 18.5. The molecule has 0 spiro atoms. The van der Waals surface area contributed by atoms with Crippen molar-refractivity contribution in [2.45, 2.75) is 32.3 Å². The molecule has 0 saturated carbocycles. The Morgan fingerprint density at radius 1 is 1.35 bits per heavy atom. The second-order valence-electron chi connectivity index (χ2n) is 6.86. The number of carbonyl (C=O) groups is 2. The maximum atomic E-state index is 12.6. The lowest BCUT2D eigenvalue weighted by Gasteiger charge is -2.29. The molecule has 0 bridgehead atoms. The summed E-state index contributed by atoms with van der Waals surface area (Å²) in [6.07, 6.45) is 3.39. The lowest BCUT2D eigenvalue weighted by molar-refractivity contribution is 0.00221. The molecule has 2 saturated heterocycles. The molecule has 2 fully saturated rings. The summed E-state index contributed by atoms with van der Waals surface area (Å²) in [6.45, 7) is 5.35. The molecule has 2 heterocycles. The molecule has 7 heteroatoms. The number of anilines is 2. The van der Waals surface area contributed by atoms with Crippen LogP contribution in [0.4, 0.5) is 21.0 Å². The molecule has 142 valence electrons. The minimum Gasteiger partial charge on any atom is -0.376 e. The van der Waals surface area contributed by atoms with E-state index in [9.17, 15) is 9.59 Å². The first-order chi connectivity index (χ1) is 12.6. The average Bonchev–Trinajstić information content (AvgIpc) is 2.99. The van der Waals surface area contributed by atoms with E-state index in [0.717, 1.165) is 31.6 Å². The number of hydrogen-bond acceptors (Lipinski definition) is 3. The third-order valence-corrected chi connectivity index (χ3v) is 4.99. The lowest BCUT2D eigenvalue weighted by Crippen LogP contribution is -2.41. The maximum Gasteiger partial charge on any atom is 0.324 e. The van der Waals surface area contributed by atoms with E-state index in [0.29, 0.717) is 31.9 Å². The maximum absolute atomic E-state index is 12.6. The number of ether oxygens (including phenoxy) is 1. The zero-order valence-corrected chi connectivity index (χ0v) is 15.6. The molecule has 3 rings (SSSR count). The van der Waals surface area contributed by atoms with Crippen molar-refractivity contribution in [3.8, 4) is 0 Å². The van der Waals surface area contributed by atoms with Crippen molar-refractivity contribution >= 4 is 23.4 Å². The standard InChI is InChI=1S/C19H28N4O3/c1-3-22(14-17-9-4-5-12-26-17)18(24)20-15-7-6-8-16(13-15)23-11-10-21(2)19(23)25/h6-8,13,17H,3-5,9-12,14H2,1-2H3,(H,20,24)/t17-/m1/s1. The van der Waals surface area contributed by atoms with Gasteiger partial charge in [-0.25, -0.2) is 9.59 Å². The monoisotopic (exact) mass is 360 g/mol. The number of amides is 4. The predicted molar refractivity (Wildman–Crippen MR) is 102 cm³/mol. The summed E-state index contributed by atoms with van der Waals surface area (Å²) in [5.74, 6) is 0. The van der Waals surface area contributed by atoms with Gasteiger partial charge in [0.25, 0.3) is 0 Å². The molecule has 1 aromatic rings. The van der Waals surface area contributed by atoms with Gasteiger partial charge in [-0.2, -0.15) is 0 Å². The third kappa shape index (κ3) is 4.27. The van der Waals surface area contributed by atoms with Gasteiger partial charge in [0.2, 0.25) is 0 Å². The Balaban J connectivity index is 1.62. The van der Waals surface area contributed by atoms with Crippen molar-refractivity contribution in [1.29, 1.82) is 0 Å². The summed E-state index contributed by atoms with van der Waals surface area (Å²) >= 11 is 0. The van der Waals surface area contributed by atoms with Gasteiger partial charge >= 0.3 is 12.1 Å².